The highest BCUT2D eigenvalue weighted by atomic mass is 16.6. The molecular formula is C15H16O5. The Bertz CT molecular complexity index is 496. The molecule has 0 saturated carbocycles. The summed E-state index contributed by atoms with van der Waals surface area (Å²) in [6.07, 6.45) is -1.83. The molecule has 0 aromatic heterocycles. The minimum atomic E-state index is -1.83. The smallest absolute Gasteiger partial charge is 0.503 e. The number of phenolic OH excluding ortho intramolecular Hbond substituents is 2. The van der Waals surface area contributed by atoms with Crippen LogP contribution in [0.25, 0.3) is 0 Å². The van der Waals surface area contributed by atoms with Gasteiger partial charge in [0.1, 0.15) is 11.5 Å². The average molecular weight is 276 g/mol. The summed E-state index contributed by atoms with van der Waals surface area (Å²) in [4.78, 5) is 8.56. The van der Waals surface area contributed by atoms with Crippen LogP contribution in [-0.2, 0) is 0 Å². The van der Waals surface area contributed by atoms with Crippen molar-refractivity contribution in [3.05, 3.63) is 59.7 Å². The summed E-state index contributed by atoms with van der Waals surface area (Å²) in [5.74, 6) is 0.810. The lowest BCUT2D eigenvalue weighted by atomic mass is 9.93. The van der Waals surface area contributed by atoms with Crippen LogP contribution in [-0.4, -0.2) is 26.6 Å². The third kappa shape index (κ3) is 4.89. The molecule has 20 heavy (non-hydrogen) atoms. The molecule has 0 radical (unpaired) electrons. The van der Waals surface area contributed by atoms with E-state index in [1.54, 1.807) is 24.3 Å². The molecule has 0 unspecified atom stereocenters. The van der Waals surface area contributed by atoms with Crippen LogP contribution < -0.4 is 0 Å². The summed E-state index contributed by atoms with van der Waals surface area (Å²) in [6, 6.07) is 14.4. The Balaban J connectivity index is 0.000000444. The van der Waals surface area contributed by atoms with E-state index >= 15 is 0 Å². The molecule has 2 aromatic rings. The number of carboxylic acid groups (broad SMARTS) is 2. The van der Waals surface area contributed by atoms with Gasteiger partial charge in [-0.15, -0.1) is 0 Å². The van der Waals surface area contributed by atoms with Gasteiger partial charge in [0.2, 0.25) is 0 Å². The first-order valence-corrected chi connectivity index (χ1v) is 5.90. The predicted octanol–water partition coefficient (Wildman–Crippen LogP) is 3.47. The fourth-order valence-corrected chi connectivity index (χ4v) is 1.72. The van der Waals surface area contributed by atoms with Crippen molar-refractivity contribution in [1.82, 2.24) is 0 Å². The van der Waals surface area contributed by atoms with Gasteiger partial charge < -0.3 is 20.4 Å². The maximum atomic E-state index is 9.21. The Kier molecular flexibility index (Phi) is 5.41. The first kappa shape index (κ1) is 15.4. The average Bonchev–Trinajstić information content (AvgIpc) is 2.39. The van der Waals surface area contributed by atoms with Gasteiger partial charge in [0.15, 0.2) is 0 Å². The number of hydrogen-bond donors (Lipinski definition) is 4. The molecule has 0 saturated heterocycles. The summed E-state index contributed by atoms with van der Waals surface area (Å²) < 4.78 is 0. The topological polar surface area (TPSA) is 98.0 Å². The van der Waals surface area contributed by atoms with Crippen LogP contribution in [0.5, 0.6) is 11.5 Å². The predicted molar refractivity (Wildman–Crippen MR) is 74.4 cm³/mol. The lowest BCUT2D eigenvalue weighted by Gasteiger charge is -2.12. The number of rotatable bonds is 2. The Morgan fingerprint density at radius 1 is 0.800 bits per heavy atom. The zero-order valence-electron chi connectivity index (χ0n) is 10.9. The van der Waals surface area contributed by atoms with E-state index in [1.165, 1.54) is 0 Å². The zero-order chi connectivity index (χ0) is 15.1. The van der Waals surface area contributed by atoms with Crippen LogP contribution in [0.3, 0.4) is 0 Å². The normalized spacial score (nSPS) is 9.70. The van der Waals surface area contributed by atoms with E-state index in [0.29, 0.717) is 0 Å². The van der Waals surface area contributed by atoms with Crippen molar-refractivity contribution in [2.75, 3.05) is 0 Å². The first-order valence-electron chi connectivity index (χ1n) is 5.90. The van der Waals surface area contributed by atoms with E-state index in [1.807, 2.05) is 24.3 Å². The molecule has 5 nitrogen and oxygen atoms in total. The molecule has 2 rings (SSSR count). The number of phenols is 2. The Hall–Kier alpha value is -2.69. The molecule has 0 aliphatic carbocycles. The summed E-state index contributed by atoms with van der Waals surface area (Å²) in [6.45, 7) is 2.10. The van der Waals surface area contributed by atoms with E-state index < -0.39 is 6.16 Å². The molecule has 0 aliphatic rings. The molecular weight excluding hydrogens is 260 g/mol. The van der Waals surface area contributed by atoms with E-state index in [-0.39, 0.29) is 17.4 Å². The summed E-state index contributed by atoms with van der Waals surface area (Å²) in [7, 11) is 0. The summed E-state index contributed by atoms with van der Waals surface area (Å²) in [5.41, 5.74) is 2.28. The zero-order valence-corrected chi connectivity index (χ0v) is 10.9. The second kappa shape index (κ2) is 7.04. The fourth-order valence-electron chi connectivity index (χ4n) is 1.72. The molecule has 0 heterocycles. The largest absolute Gasteiger partial charge is 0.508 e. The summed E-state index contributed by atoms with van der Waals surface area (Å²) >= 11 is 0. The maximum Gasteiger partial charge on any atom is 0.503 e. The Morgan fingerprint density at radius 3 is 1.30 bits per heavy atom. The monoisotopic (exact) mass is 276 g/mol. The van der Waals surface area contributed by atoms with Crippen LogP contribution in [0.1, 0.15) is 24.0 Å². The van der Waals surface area contributed by atoms with Crippen molar-refractivity contribution in [2.24, 2.45) is 0 Å². The van der Waals surface area contributed by atoms with E-state index in [2.05, 4.69) is 6.92 Å². The first-order chi connectivity index (χ1) is 9.40. The molecule has 0 fully saturated rings. The van der Waals surface area contributed by atoms with Crippen LogP contribution >= 0.6 is 0 Å². The van der Waals surface area contributed by atoms with Gasteiger partial charge in [-0.2, -0.15) is 0 Å². The van der Waals surface area contributed by atoms with Crippen molar-refractivity contribution < 1.29 is 25.2 Å². The van der Waals surface area contributed by atoms with E-state index in [0.717, 1.165) is 11.1 Å². The van der Waals surface area contributed by atoms with Crippen LogP contribution in [0, 0.1) is 0 Å². The lowest BCUT2D eigenvalue weighted by Crippen LogP contribution is -1.94. The highest BCUT2D eigenvalue weighted by molar-refractivity contribution is 5.53. The van der Waals surface area contributed by atoms with Gasteiger partial charge >= 0.3 is 6.16 Å². The minimum absolute atomic E-state index is 0.251. The molecule has 0 spiro atoms. The van der Waals surface area contributed by atoms with Crippen LogP contribution in [0.2, 0.25) is 0 Å². The van der Waals surface area contributed by atoms with Gasteiger partial charge in [-0.3, -0.25) is 0 Å². The van der Waals surface area contributed by atoms with Crippen molar-refractivity contribution in [3.63, 3.8) is 0 Å². The Labute approximate surface area is 116 Å². The van der Waals surface area contributed by atoms with Crippen LogP contribution in [0.4, 0.5) is 4.79 Å². The quantitative estimate of drug-likeness (QED) is 0.673. The molecule has 0 aliphatic heterocycles. The third-order valence-corrected chi connectivity index (χ3v) is 2.79. The van der Waals surface area contributed by atoms with Crippen molar-refractivity contribution in [1.29, 1.82) is 0 Å². The van der Waals surface area contributed by atoms with E-state index in [4.69, 9.17) is 15.0 Å². The van der Waals surface area contributed by atoms with Gasteiger partial charge in [-0.05, 0) is 35.4 Å². The third-order valence-electron chi connectivity index (χ3n) is 2.79. The van der Waals surface area contributed by atoms with Crippen molar-refractivity contribution >= 4 is 6.16 Å². The number of hydrogen-bond acceptors (Lipinski definition) is 3. The van der Waals surface area contributed by atoms with Gasteiger partial charge in [-0.1, -0.05) is 31.2 Å². The molecule has 106 valence electrons. The SMILES string of the molecule is CC(c1ccc(O)cc1)c1ccc(O)cc1.O=C(O)O. The molecule has 2 aromatic carbocycles. The molecule has 4 N–H and O–H groups in total. The van der Waals surface area contributed by atoms with Gasteiger partial charge in [0.05, 0.1) is 0 Å². The second-order valence-corrected chi connectivity index (χ2v) is 4.19. The number of carbonyl (C=O) groups is 1. The van der Waals surface area contributed by atoms with Crippen LogP contribution in [0.15, 0.2) is 48.5 Å². The summed E-state index contributed by atoms with van der Waals surface area (Å²) in [5, 5.41) is 32.4. The highest BCUT2D eigenvalue weighted by Crippen LogP contribution is 2.26. The minimum Gasteiger partial charge on any atom is -0.508 e. The molecule has 5 heteroatoms. The molecule has 0 atom stereocenters. The van der Waals surface area contributed by atoms with E-state index in [9.17, 15) is 10.2 Å². The number of benzene rings is 2. The Morgan fingerprint density at radius 2 is 1.05 bits per heavy atom. The second-order valence-electron chi connectivity index (χ2n) is 4.19. The fraction of sp³-hybridized carbons (Fsp3) is 0.133. The van der Waals surface area contributed by atoms with Crippen molar-refractivity contribution in [2.45, 2.75) is 12.8 Å². The highest BCUT2D eigenvalue weighted by Gasteiger charge is 2.07. The number of aromatic hydroxyl groups is 2. The standard InChI is InChI=1S/C14H14O2.CH2O3/c1-10(11-2-6-13(15)7-3-11)12-4-8-14(16)9-5-12;2-1(3)4/h2-10,15-16H,1H3;(H2,2,3,4). The van der Waals surface area contributed by atoms with Crippen molar-refractivity contribution in [3.8, 4) is 11.5 Å². The lowest BCUT2D eigenvalue weighted by molar-refractivity contribution is 0.137. The van der Waals surface area contributed by atoms with Gasteiger partial charge in [-0.25, -0.2) is 4.79 Å². The van der Waals surface area contributed by atoms with Gasteiger partial charge in [0.25, 0.3) is 0 Å². The molecule has 0 amide bonds. The van der Waals surface area contributed by atoms with Gasteiger partial charge in [0, 0.05) is 5.92 Å². The molecule has 0 bridgehead atoms. The maximum absolute atomic E-state index is 9.21.